The highest BCUT2D eigenvalue weighted by Crippen LogP contribution is 2.23. The van der Waals surface area contributed by atoms with Crippen molar-refractivity contribution < 1.29 is 18.7 Å². The van der Waals surface area contributed by atoms with Crippen molar-refractivity contribution in [1.29, 1.82) is 0 Å². The van der Waals surface area contributed by atoms with Crippen LogP contribution < -0.4 is 5.32 Å². The molecule has 128 valence electrons. The van der Waals surface area contributed by atoms with E-state index in [1.807, 2.05) is 24.3 Å². The fraction of sp³-hybridized carbons (Fsp3) is 0.421. The molecule has 5 heteroatoms. The number of carbonyl (C=O) groups is 1. The number of aryl methyl sites for hydroxylation is 2. The molecule has 0 aliphatic carbocycles. The smallest absolute Gasteiger partial charge is 0.220 e. The second-order valence-corrected chi connectivity index (χ2v) is 6.00. The van der Waals surface area contributed by atoms with Gasteiger partial charge in [0.1, 0.15) is 11.5 Å². The number of rotatable bonds is 6. The summed E-state index contributed by atoms with van der Waals surface area (Å²) in [6, 6.07) is 12.1. The van der Waals surface area contributed by atoms with E-state index in [1.54, 1.807) is 0 Å². The number of amides is 1. The summed E-state index contributed by atoms with van der Waals surface area (Å²) < 4.78 is 16.6. The Hall–Kier alpha value is -2.11. The van der Waals surface area contributed by atoms with Crippen molar-refractivity contribution in [2.45, 2.75) is 25.9 Å². The molecule has 3 rings (SSSR count). The minimum Gasteiger partial charge on any atom is -0.461 e. The molecule has 0 spiro atoms. The minimum absolute atomic E-state index is 0.00235. The molecule has 0 unspecified atom stereocenters. The largest absolute Gasteiger partial charge is 0.461 e. The SMILES string of the molecule is Cc1ccc(-c2ccc(CCC(=O)NC[C@H]3COCCO3)o2)cc1. The minimum atomic E-state index is -0.0422. The summed E-state index contributed by atoms with van der Waals surface area (Å²) >= 11 is 0. The normalized spacial score (nSPS) is 17.6. The van der Waals surface area contributed by atoms with Gasteiger partial charge in [-0.3, -0.25) is 4.79 Å². The Bertz CT molecular complexity index is 656. The molecule has 24 heavy (non-hydrogen) atoms. The van der Waals surface area contributed by atoms with Crippen molar-refractivity contribution in [1.82, 2.24) is 5.32 Å². The van der Waals surface area contributed by atoms with Crippen LogP contribution in [-0.2, 0) is 20.7 Å². The molecular formula is C19H23NO4. The van der Waals surface area contributed by atoms with Crippen molar-refractivity contribution in [3.8, 4) is 11.3 Å². The predicted molar refractivity (Wildman–Crippen MR) is 90.8 cm³/mol. The van der Waals surface area contributed by atoms with Crippen molar-refractivity contribution in [2.24, 2.45) is 0 Å². The zero-order valence-corrected chi connectivity index (χ0v) is 13.9. The lowest BCUT2D eigenvalue weighted by Crippen LogP contribution is -2.39. The van der Waals surface area contributed by atoms with Crippen LogP contribution in [-0.4, -0.2) is 38.4 Å². The third kappa shape index (κ3) is 4.69. The van der Waals surface area contributed by atoms with E-state index in [4.69, 9.17) is 13.9 Å². The van der Waals surface area contributed by atoms with E-state index in [2.05, 4.69) is 24.4 Å². The molecule has 0 saturated carbocycles. The first-order valence-corrected chi connectivity index (χ1v) is 8.32. The van der Waals surface area contributed by atoms with Crippen molar-refractivity contribution in [2.75, 3.05) is 26.4 Å². The number of benzene rings is 1. The van der Waals surface area contributed by atoms with Gasteiger partial charge in [0, 0.05) is 24.9 Å². The molecule has 1 amide bonds. The fourth-order valence-electron chi connectivity index (χ4n) is 2.59. The molecule has 2 heterocycles. The van der Waals surface area contributed by atoms with E-state index in [0.29, 0.717) is 39.2 Å². The number of hydrogen-bond donors (Lipinski definition) is 1. The van der Waals surface area contributed by atoms with Gasteiger partial charge in [0.05, 0.1) is 25.9 Å². The first kappa shape index (κ1) is 16.7. The molecule has 1 saturated heterocycles. The van der Waals surface area contributed by atoms with Crippen LogP contribution >= 0.6 is 0 Å². The number of nitrogens with one attached hydrogen (secondary N) is 1. The van der Waals surface area contributed by atoms with E-state index in [9.17, 15) is 4.79 Å². The Morgan fingerprint density at radius 1 is 1.17 bits per heavy atom. The molecule has 1 aliphatic rings. The summed E-state index contributed by atoms with van der Waals surface area (Å²) in [6.45, 7) is 4.31. The molecule has 2 aromatic rings. The summed E-state index contributed by atoms with van der Waals surface area (Å²) in [7, 11) is 0. The molecule has 0 radical (unpaired) electrons. The van der Waals surface area contributed by atoms with Crippen molar-refractivity contribution in [3.05, 3.63) is 47.7 Å². The lowest BCUT2D eigenvalue weighted by molar-refractivity contribution is -0.124. The van der Waals surface area contributed by atoms with Gasteiger partial charge in [-0.1, -0.05) is 29.8 Å². The first-order chi connectivity index (χ1) is 11.7. The van der Waals surface area contributed by atoms with Gasteiger partial charge in [-0.2, -0.15) is 0 Å². The van der Waals surface area contributed by atoms with Crippen LogP contribution in [0.2, 0.25) is 0 Å². The summed E-state index contributed by atoms with van der Waals surface area (Å²) in [6.07, 6.45) is 0.938. The average Bonchev–Trinajstić information content (AvgIpc) is 3.09. The van der Waals surface area contributed by atoms with E-state index >= 15 is 0 Å². The maximum Gasteiger partial charge on any atom is 0.220 e. The lowest BCUT2D eigenvalue weighted by Gasteiger charge is -2.23. The number of ether oxygens (including phenoxy) is 2. The lowest BCUT2D eigenvalue weighted by atomic mass is 10.1. The van der Waals surface area contributed by atoms with E-state index in [-0.39, 0.29) is 12.0 Å². The monoisotopic (exact) mass is 329 g/mol. The highest BCUT2D eigenvalue weighted by Gasteiger charge is 2.15. The predicted octanol–water partition coefficient (Wildman–Crippen LogP) is 2.72. The Morgan fingerprint density at radius 3 is 2.75 bits per heavy atom. The first-order valence-electron chi connectivity index (χ1n) is 8.32. The van der Waals surface area contributed by atoms with Crippen LogP contribution in [0.1, 0.15) is 17.7 Å². The summed E-state index contributed by atoms with van der Waals surface area (Å²) in [5.41, 5.74) is 2.26. The zero-order valence-electron chi connectivity index (χ0n) is 13.9. The maximum absolute atomic E-state index is 11.9. The van der Waals surface area contributed by atoms with Crippen LogP contribution in [0, 0.1) is 6.92 Å². The third-order valence-corrected chi connectivity index (χ3v) is 4.01. The molecule has 1 aliphatic heterocycles. The van der Waals surface area contributed by atoms with Crippen molar-refractivity contribution in [3.63, 3.8) is 0 Å². The Labute approximate surface area is 141 Å². The summed E-state index contributed by atoms with van der Waals surface area (Å²) in [5.74, 6) is 1.65. The van der Waals surface area contributed by atoms with Gasteiger partial charge in [0.25, 0.3) is 0 Å². The highest BCUT2D eigenvalue weighted by atomic mass is 16.6. The second kappa shape index (κ2) is 8.13. The van der Waals surface area contributed by atoms with Gasteiger partial charge in [0.15, 0.2) is 0 Å². The molecular weight excluding hydrogens is 306 g/mol. The summed E-state index contributed by atoms with van der Waals surface area (Å²) in [5, 5.41) is 2.88. The van der Waals surface area contributed by atoms with Gasteiger partial charge in [-0.05, 0) is 19.1 Å². The Kier molecular flexibility index (Phi) is 5.67. The fourth-order valence-corrected chi connectivity index (χ4v) is 2.59. The summed E-state index contributed by atoms with van der Waals surface area (Å²) in [4.78, 5) is 11.9. The molecule has 1 aromatic carbocycles. The van der Waals surface area contributed by atoms with Gasteiger partial charge < -0.3 is 19.2 Å². The molecule has 1 atom stereocenters. The standard InChI is InChI=1S/C19H23NO4/c1-14-2-4-15(5-3-14)18-8-6-16(24-18)7-9-19(21)20-12-17-13-22-10-11-23-17/h2-6,8,17H,7,9-13H2,1H3,(H,20,21)/t17-/m0/s1. The van der Waals surface area contributed by atoms with Crippen LogP contribution in [0.4, 0.5) is 0 Å². The van der Waals surface area contributed by atoms with E-state index < -0.39 is 0 Å². The molecule has 1 fully saturated rings. The van der Waals surface area contributed by atoms with Gasteiger partial charge in [0.2, 0.25) is 5.91 Å². The van der Waals surface area contributed by atoms with Gasteiger partial charge in [-0.25, -0.2) is 0 Å². The Balaban J connectivity index is 1.44. The number of hydrogen-bond acceptors (Lipinski definition) is 4. The van der Waals surface area contributed by atoms with Crippen LogP contribution in [0.25, 0.3) is 11.3 Å². The third-order valence-electron chi connectivity index (χ3n) is 4.01. The van der Waals surface area contributed by atoms with Crippen LogP contribution in [0.5, 0.6) is 0 Å². The van der Waals surface area contributed by atoms with Crippen LogP contribution in [0.3, 0.4) is 0 Å². The zero-order chi connectivity index (χ0) is 16.8. The second-order valence-electron chi connectivity index (χ2n) is 6.00. The van der Waals surface area contributed by atoms with E-state index in [1.165, 1.54) is 5.56 Å². The molecule has 5 nitrogen and oxygen atoms in total. The molecule has 1 N–H and O–H groups in total. The van der Waals surface area contributed by atoms with Gasteiger partial charge >= 0.3 is 0 Å². The van der Waals surface area contributed by atoms with Crippen LogP contribution in [0.15, 0.2) is 40.8 Å². The maximum atomic E-state index is 11.9. The molecule has 0 bridgehead atoms. The molecule has 1 aromatic heterocycles. The Morgan fingerprint density at radius 2 is 2.00 bits per heavy atom. The number of furan rings is 1. The average molecular weight is 329 g/mol. The topological polar surface area (TPSA) is 60.7 Å². The number of carbonyl (C=O) groups excluding carboxylic acids is 1. The quantitative estimate of drug-likeness (QED) is 0.885. The van der Waals surface area contributed by atoms with Gasteiger partial charge in [-0.15, -0.1) is 0 Å². The van der Waals surface area contributed by atoms with Crippen molar-refractivity contribution >= 4 is 5.91 Å². The van der Waals surface area contributed by atoms with E-state index in [0.717, 1.165) is 17.1 Å². The highest BCUT2D eigenvalue weighted by molar-refractivity contribution is 5.76.